The summed E-state index contributed by atoms with van der Waals surface area (Å²) in [5, 5.41) is 14.3. The fraction of sp³-hybridized carbons (Fsp3) is 0.318. The van der Waals surface area contributed by atoms with Crippen LogP contribution in [0.25, 0.3) is 16.5 Å². The maximum absolute atomic E-state index is 12.7. The molecule has 2 aromatic carbocycles. The summed E-state index contributed by atoms with van der Waals surface area (Å²) in [6.45, 7) is 7.01. The molecule has 0 fully saturated rings. The first-order valence-electron chi connectivity index (χ1n) is 9.72. The van der Waals surface area contributed by atoms with Crippen LogP contribution in [0.5, 0.6) is 0 Å². The van der Waals surface area contributed by atoms with Gasteiger partial charge in [-0.2, -0.15) is 0 Å². The zero-order chi connectivity index (χ0) is 22.1. The summed E-state index contributed by atoms with van der Waals surface area (Å²) in [6, 6.07) is 11.2. The van der Waals surface area contributed by atoms with Gasteiger partial charge in [0.2, 0.25) is 5.91 Å². The van der Waals surface area contributed by atoms with Gasteiger partial charge in [0.15, 0.2) is 5.16 Å². The number of aryl methyl sites for hydroxylation is 1. The highest BCUT2D eigenvalue weighted by atomic mass is 32.2. The van der Waals surface area contributed by atoms with Crippen molar-refractivity contribution in [2.45, 2.75) is 50.1 Å². The van der Waals surface area contributed by atoms with Gasteiger partial charge in [-0.1, -0.05) is 49.0 Å². The molecule has 1 atom stereocenters. The Kier molecular flexibility index (Phi) is 6.07. The quantitative estimate of drug-likeness (QED) is 0.498. The Morgan fingerprint density at radius 1 is 1.23 bits per heavy atom. The highest BCUT2D eigenvalue weighted by Crippen LogP contribution is 2.37. The molecule has 0 saturated heterocycles. The van der Waals surface area contributed by atoms with Crippen LogP contribution in [0.15, 0.2) is 47.8 Å². The first-order valence-corrected chi connectivity index (χ1v) is 10.5. The number of rotatable bonds is 7. The number of carbonyl (C=O) groups excluding carboxylic acids is 1. The summed E-state index contributed by atoms with van der Waals surface area (Å²) in [4.78, 5) is 28.2. The molecule has 158 valence electrons. The van der Waals surface area contributed by atoms with E-state index in [0.29, 0.717) is 11.0 Å². The number of anilines is 1. The lowest BCUT2D eigenvalue weighted by Gasteiger charge is -2.24. The van der Waals surface area contributed by atoms with E-state index in [2.05, 4.69) is 29.4 Å². The van der Waals surface area contributed by atoms with Crippen molar-refractivity contribution < 1.29 is 14.7 Å². The summed E-state index contributed by atoms with van der Waals surface area (Å²) >= 11 is 1.24. The third-order valence-electron chi connectivity index (χ3n) is 4.98. The molecule has 0 aliphatic rings. The molecule has 1 amide bonds. The highest BCUT2D eigenvalue weighted by Gasteiger charge is 2.33. The van der Waals surface area contributed by atoms with Gasteiger partial charge in [-0.3, -0.25) is 14.2 Å². The molecular formula is C22H26N4O3S. The normalized spacial score (nSPS) is 12.7. The van der Waals surface area contributed by atoms with Gasteiger partial charge in [0.05, 0.1) is 16.6 Å². The van der Waals surface area contributed by atoms with Crippen molar-refractivity contribution in [2.24, 2.45) is 0 Å². The topological polar surface area (TPSA) is 110 Å². The molecule has 0 saturated carbocycles. The summed E-state index contributed by atoms with van der Waals surface area (Å²) < 4.78 is 0.876. The predicted octanol–water partition coefficient (Wildman–Crippen LogP) is 3.63. The first-order chi connectivity index (χ1) is 14.2. The Bertz CT molecular complexity index is 1110. The lowest BCUT2D eigenvalue weighted by Crippen LogP contribution is -2.47. The van der Waals surface area contributed by atoms with Crippen molar-refractivity contribution in [1.29, 1.82) is 0 Å². The number of nitrogens with zero attached hydrogens (tertiary/aromatic N) is 2. The van der Waals surface area contributed by atoms with Crippen molar-refractivity contribution >= 4 is 40.2 Å². The van der Waals surface area contributed by atoms with E-state index in [1.54, 1.807) is 20.0 Å². The summed E-state index contributed by atoms with van der Waals surface area (Å²) in [5.74, 6) is -1.01. The monoisotopic (exact) mass is 426 g/mol. The molecule has 8 heteroatoms. The molecule has 0 aliphatic heterocycles. The second-order valence-corrected chi connectivity index (χ2v) is 9.18. The van der Waals surface area contributed by atoms with Gasteiger partial charge in [0.1, 0.15) is 11.9 Å². The Labute approximate surface area is 179 Å². The number of nitrogens with one attached hydrogen (secondary N) is 1. The minimum absolute atomic E-state index is 0.387. The molecule has 0 spiro atoms. The third-order valence-corrected chi connectivity index (χ3v) is 6.15. The summed E-state index contributed by atoms with van der Waals surface area (Å²) in [6.07, 6.45) is 2.48. The van der Waals surface area contributed by atoms with E-state index < -0.39 is 16.8 Å². The Balaban J connectivity index is 2.02. The van der Waals surface area contributed by atoms with E-state index in [9.17, 15) is 9.59 Å². The number of nitrogen functional groups attached to an aromatic ring is 1. The number of nitrogens with two attached hydrogens (primary N) is 1. The standard InChI is InChI=1S/C22H26N4O3S/c1-5-14-10-11-17(16-9-7-6-8-15(14)16)26-18(23)12-24-21(26)30-22(3,4)20(29)25-13(2)19(27)28/h6-13H,5,23H2,1-4H3,(H,25,29)(H,27,28). The zero-order valence-electron chi connectivity index (χ0n) is 17.5. The SMILES string of the molecule is CCc1ccc(-n2c(N)cnc2SC(C)(C)C(=O)NC(C)C(=O)O)c2ccccc12. The van der Waals surface area contributed by atoms with E-state index in [4.69, 9.17) is 10.8 Å². The number of aromatic nitrogens is 2. The molecule has 7 nitrogen and oxygen atoms in total. The van der Waals surface area contributed by atoms with Gasteiger partial charge < -0.3 is 16.2 Å². The Hall–Kier alpha value is -3.00. The van der Waals surface area contributed by atoms with Crippen LogP contribution in [0.4, 0.5) is 5.82 Å². The van der Waals surface area contributed by atoms with Gasteiger partial charge in [-0.05, 0) is 44.2 Å². The van der Waals surface area contributed by atoms with Crippen LogP contribution < -0.4 is 11.1 Å². The number of carboxylic acid groups (broad SMARTS) is 1. The number of hydrogen-bond acceptors (Lipinski definition) is 5. The number of carboxylic acids is 1. The van der Waals surface area contributed by atoms with Crippen LogP contribution in [0.1, 0.15) is 33.3 Å². The smallest absolute Gasteiger partial charge is 0.325 e. The number of aliphatic carboxylic acids is 1. The lowest BCUT2D eigenvalue weighted by atomic mass is 10.0. The van der Waals surface area contributed by atoms with Crippen molar-refractivity contribution in [3.63, 3.8) is 0 Å². The van der Waals surface area contributed by atoms with Crippen molar-refractivity contribution in [1.82, 2.24) is 14.9 Å². The van der Waals surface area contributed by atoms with Crippen LogP contribution in [0.2, 0.25) is 0 Å². The fourth-order valence-electron chi connectivity index (χ4n) is 3.22. The zero-order valence-corrected chi connectivity index (χ0v) is 18.3. The van der Waals surface area contributed by atoms with E-state index in [-0.39, 0.29) is 5.91 Å². The third kappa shape index (κ3) is 4.14. The van der Waals surface area contributed by atoms with Crippen LogP contribution >= 0.6 is 11.8 Å². The number of thioether (sulfide) groups is 1. The van der Waals surface area contributed by atoms with Gasteiger partial charge in [0, 0.05) is 5.39 Å². The second kappa shape index (κ2) is 8.39. The molecule has 3 aromatic rings. The molecule has 0 aliphatic carbocycles. The van der Waals surface area contributed by atoms with E-state index in [1.165, 1.54) is 24.2 Å². The van der Waals surface area contributed by atoms with Gasteiger partial charge >= 0.3 is 5.97 Å². The van der Waals surface area contributed by atoms with Gasteiger partial charge in [-0.25, -0.2) is 4.98 Å². The van der Waals surface area contributed by atoms with Gasteiger partial charge in [0.25, 0.3) is 0 Å². The number of amides is 1. The van der Waals surface area contributed by atoms with Crippen molar-refractivity contribution in [2.75, 3.05) is 5.73 Å². The largest absolute Gasteiger partial charge is 0.480 e. The predicted molar refractivity (Wildman–Crippen MR) is 120 cm³/mol. The summed E-state index contributed by atoms with van der Waals surface area (Å²) in [5.41, 5.74) is 8.38. The molecule has 1 heterocycles. The summed E-state index contributed by atoms with van der Waals surface area (Å²) in [7, 11) is 0. The van der Waals surface area contributed by atoms with Crippen LogP contribution in [0.3, 0.4) is 0 Å². The maximum Gasteiger partial charge on any atom is 0.325 e. The average molecular weight is 427 g/mol. The second-order valence-electron chi connectivity index (χ2n) is 7.59. The lowest BCUT2D eigenvalue weighted by molar-refractivity contribution is -0.141. The van der Waals surface area contributed by atoms with Crippen LogP contribution in [-0.4, -0.2) is 37.3 Å². The molecule has 30 heavy (non-hydrogen) atoms. The molecule has 0 bridgehead atoms. The molecule has 4 N–H and O–H groups in total. The molecule has 1 aromatic heterocycles. The average Bonchev–Trinajstić information content (AvgIpc) is 3.06. The number of hydrogen-bond donors (Lipinski definition) is 3. The molecule has 1 unspecified atom stereocenters. The first kappa shape index (κ1) is 21.7. The number of imidazole rings is 1. The highest BCUT2D eigenvalue weighted by molar-refractivity contribution is 8.01. The minimum atomic E-state index is -1.09. The van der Waals surface area contributed by atoms with E-state index >= 15 is 0 Å². The Morgan fingerprint density at radius 2 is 1.90 bits per heavy atom. The van der Waals surface area contributed by atoms with E-state index in [0.717, 1.165) is 22.9 Å². The maximum atomic E-state index is 12.7. The Morgan fingerprint density at radius 3 is 2.53 bits per heavy atom. The molecule has 0 radical (unpaired) electrons. The number of fused-ring (bicyclic) bond motifs is 1. The number of benzene rings is 2. The fourth-order valence-corrected chi connectivity index (χ4v) is 4.23. The van der Waals surface area contributed by atoms with Crippen LogP contribution in [0, 0.1) is 0 Å². The molecule has 3 rings (SSSR count). The molecular weight excluding hydrogens is 400 g/mol. The minimum Gasteiger partial charge on any atom is -0.480 e. The van der Waals surface area contributed by atoms with Gasteiger partial charge in [-0.15, -0.1) is 0 Å². The number of carbonyl (C=O) groups is 2. The van der Waals surface area contributed by atoms with Crippen molar-refractivity contribution in [3.8, 4) is 5.69 Å². The van der Waals surface area contributed by atoms with Crippen LogP contribution in [-0.2, 0) is 16.0 Å². The van der Waals surface area contributed by atoms with Crippen molar-refractivity contribution in [3.05, 3.63) is 48.2 Å². The van der Waals surface area contributed by atoms with E-state index in [1.807, 2.05) is 28.8 Å².